The Bertz CT molecular complexity index is 1100. The second kappa shape index (κ2) is 10.4. The van der Waals surface area contributed by atoms with Gasteiger partial charge in [0.2, 0.25) is 21.8 Å². The SMILES string of the molecule is O=C(CCNC(=O)C1CCN(S(=O)(=O)c2ccc3c(c2)CCCC3)CC1)Nc1cccnc1. The van der Waals surface area contributed by atoms with E-state index in [9.17, 15) is 18.0 Å². The van der Waals surface area contributed by atoms with Gasteiger partial charge in [0.1, 0.15) is 0 Å². The molecular formula is C24H30N4O4S. The molecule has 4 rings (SSSR count). The van der Waals surface area contributed by atoms with Crippen LogP contribution in [0, 0.1) is 5.92 Å². The molecule has 176 valence electrons. The monoisotopic (exact) mass is 470 g/mol. The van der Waals surface area contributed by atoms with Crippen molar-refractivity contribution in [3.05, 3.63) is 53.9 Å². The van der Waals surface area contributed by atoms with Crippen molar-refractivity contribution in [1.29, 1.82) is 0 Å². The van der Waals surface area contributed by atoms with Gasteiger partial charge in [-0.15, -0.1) is 0 Å². The summed E-state index contributed by atoms with van der Waals surface area (Å²) < 4.78 is 27.7. The molecule has 1 aromatic heterocycles. The van der Waals surface area contributed by atoms with E-state index >= 15 is 0 Å². The minimum atomic E-state index is -3.56. The third-order valence-electron chi connectivity index (χ3n) is 6.38. The molecule has 9 heteroatoms. The molecular weight excluding hydrogens is 440 g/mol. The van der Waals surface area contributed by atoms with Crippen molar-refractivity contribution in [2.24, 2.45) is 5.92 Å². The summed E-state index contributed by atoms with van der Waals surface area (Å²) >= 11 is 0. The smallest absolute Gasteiger partial charge is 0.243 e. The van der Waals surface area contributed by atoms with Gasteiger partial charge >= 0.3 is 0 Å². The van der Waals surface area contributed by atoms with Crippen LogP contribution in [0.4, 0.5) is 5.69 Å². The molecule has 1 aliphatic carbocycles. The normalized spacial score (nSPS) is 17.2. The number of aromatic nitrogens is 1. The molecule has 2 heterocycles. The maximum atomic E-state index is 13.1. The average Bonchev–Trinajstić information content (AvgIpc) is 2.84. The zero-order valence-corrected chi connectivity index (χ0v) is 19.4. The van der Waals surface area contributed by atoms with Gasteiger partial charge in [-0.1, -0.05) is 6.07 Å². The van der Waals surface area contributed by atoms with Crippen molar-refractivity contribution >= 4 is 27.5 Å². The summed E-state index contributed by atoms with van der Waals surface area (Å²) in [5.74, 6) is -0.578. The second-order valence-corrected chi connectivity index (χ2v) is 10.6. The molecule has 2 N–H and O–H groups in total. The number of sulfonamides is 1. The number of anilines is 1. The fourth-order valence-corrected chi connectivity index (χ4v) is 6.00. The van der Waals surface area contributed by atoms with Gasteiger partial charge in [0.05, 0.1) is 16.8 Å². The number of piperidine rings is 1. The lowest BCUT2D eigenvalue weighted by atomic mass is 9.92. The molecule has 0 saturated carbocycles. The van der Waals surface area contributed by atoms with E-state index in [0.717, 1.165) is 31.2 Å². The summed E-state index contributed by atoms with van der Waals surface area (Å²) in [4.78, 5) is 28.8. The Labute approximate surface area is 194 Å². The number of amides is 2. The van der Waals surface area contributed by atoms with Crippen LogP contribution in [0.25, 0.3) is 0 Å². The summed E-state index contributed by atoms with van der Waals surface area (Å²) in [5.41, 5.74) is 3.01. The molecule has 1 fully saturated rings. The highest BCUT2D eigenvalue weighted by molar-refractivity contribution is 7.89. The Hall–Kier alpha value is -2.78. The third kappa shape index (κ3) is 5.78. The van der Waals surface area contributed by atoms with E-state index in [1.165, 1.54) is 9.87 Å². The first kappa shape index (κ1) is 23.4. The highest BCUT2D eigenvalue weighted by atomic mass is 32.2. The molecule has 8 nitrogen and oxygen atoms in total. The Balaban J connectivity index is 1.24. The third-order valence-corrected chi connectivity index (χ3v) is 8.27. The van der Waals surface area contributed by atoms with Crippen LogP contribution in [-0.2, 0) is 32.5 Å². The molecule has 1 aliphatic heterocycles. The van der Waals surface area contributed by atoms with Crippen LogP contribution in [-0.4, -0.2) is 49.2 Å². The molecule has 2 amide bonds. The quantitative estimate of drug-likeness (QED) is 0.646. The van der Waals surface area contributed by atoms with Crippen LogP contribution in [0.15, 0.2) is 47.6 Å². The van der Waals surface area contributed by atoms with Gasteiger partial charge in [0, 0.05) is 38.2 Å². The number of hydrogen-bond donors (Lipinski definition) is 2. The predicted molar refractivity (Wildman–Crippen MR) is 125 cm³/mol. The number of fused-ring (bicyclic) bond motifs is 1. The summed E-state index contributed by atoms with van der Waals surface area (Å²) in [6, 6.07) is 8.98. The van der Waals surface area contributed by atoms with Crippen molar-refractivity contribution < 1.29 is 18.0 Å². The Morgan fingerprint density at radius 1 is 1.06 bits per heavy atom. The van der Waals surface area contributed by atoms with Crippen molar-refractivity contribution in [2.45, 2.75) is 49.8 Å². The summed E-state index contributed by atoms with van der Waals surface area (Å²) in [6.45, 7) is 0.872. The number of carbonyl (C=O) groups excluding carboxylic acids is 2. The summed E-state index contributed by atoms with van der Waals surface area (Å²) in [7, 11) is -3.56. The lowest BCUT2D eigenvalue weighted by Gasteiger charge is -2.31. The lowest BCUT2D eigenvalue weighted by molar-refractivity contribution is -0.126. The zero-order valence-electron chi connectivity index (χ0n) is 18.6. The predicted octanol–water partition coefficient (Wildman–Crippen LogP) is 2.51. The molecule has 0 unspecified atom stereocenters. The van der Waals surface area contributed by atoms with Gasteiger partial charge in [-0.3, -0.25) is 14.6 Å². The minimum absolute atomic E-state index is 0.130. The van der Waals surface area contributed by atoms with Crippen molar-refractivity contribution in [3.63, 3.8) is 0 Å². The molecule has 0 atom stereocenters. The van der Waals surface area contributed by atoms with Crippen molar-refractivity contribution in [3.8, 4) is 0 Å². The molecule has 0 radical (unpaired) electrons. The minimum Gasteiger partial charge on any atom is -0.355 e. The second-order valence-electron chi connectivity index (χ2n) is 8.65. The van der Waals surface area contributed by atoms with Gasteiger partial charge in [0.25, 0.3) is 0 Å². The zero-order chi connectivity index (χ0) is 23.3. The maximum absolute atomic E-state index is 13.1. The number of rotatable bonds is 7. The Morgan fingerprint density at radius 2 is 1.82 bits per heavy atom. The number of aryl methyl sites for hydroxylation is 2. The van der Waals surface area contributed by atoms with E-state index < -0.39 is 10.0 Å². The molecule has 2 aromatic rings. The Kier molecular flexibility index (Phi) is 7.39. The van der Waals surface area contributed by atoms with Crippen LogP contribution in [0.5, 0.6) is 0 Å². The number of carbonyl (C=O) groups is 2. The number of pyridine rings is 1. The van der Waals surface area contributed by atoms with Crippen LogP contribution in [0.1, 0.15) is 43.2 Å². The van der Waals surface area contributed by atoms with E-state index in [-0.39, 0.29) is 30.7 Å². The van der Waals surface area contributed by atoms with Gasteiger partial charge in [-0.05, 0) is 73.9 Å². The van der Waals surface area contributed by atoms with Crippen molar-refractivity contribution in [1.82, 2.24) is 14.6 Å². The number of hydrogen-bond acceptors (Lipinski definition) is 5. The van der Waals surface area contributed by atoms with E-state index in [1.807, 2.05) is 12.1 Å². The van der Waals surface area contributed by atoms with Crippen LogP contribution in [0.3, 0.4) is 0 Å². The number of benzene rings is 1. The van der Waals surface area contributed by atoms with Gasteiger partial charge in [-0.25, -0.2) is 8.42 Å². The van der Waals surface area contributed by atoms with Crippen LogP contribution < -0.4 is 10.6 Å². The number of nitrogens with one attached hydrogen (secondary N) is 2. The first-order valence-corrected chi connectivity index (χ1v) is 13.0. The van der Waals surface area contributed by atoms with E-state index in [1.54, 1.807) is 30.6 Å². The standard InChI is InChI=1S/C24H30N4O4S/c29-23(27-21-6-3-12-25-17-21)9-13-26-24(30)19-10-14-28(15-11-19)33(31,32)22-8-7-18-4-1-2-5-20(18)16-22/h3,6-8,12,16-17,19H,1-2,4-5,9-11,13-15H2,(H,26,30)(H,27,29). The molecule has 0 spiro atoms. The highest BCUT2D eigenvalue weighted by Crippen LogP contribution is 2.28. The molecule has 1 aromatic carbocycles. The van der Waals surface area contributed by atoms with Crippen molar-refractivity contribution in [2.75, 3.05) is 25.0 Å². The highest BCUT2D eigenvalue weighted by Gasteiger charge is 2.32. The molecule has 0 bridgehead atoms. The van der Waals surface area contributed by atoms with Crippen LogP contribution in [0.2, 0.25) is 0 Å². The van der Waals surface area contributed by atoms with Crippen LogP contribution >= 0.6 is 0 Å². The van der Waals surface area contributed by atoms with Gasteiger partial charge < -0.3 is 10.6 Å². The molecule has 2 aliphatic rings. The van der Waals surface area contributed by atoms with Gasteiger partial charge in [-0.2, -0.15) is 4.31 Å². The van der Waals surface area contributed by atoms with E-state index in [2.05, 4.69) is 15.6 Å². The topological polar surface area (TPSA) is 108 Å². The summed E-state index contributed by atoms with van der Waals surface area (Å²) in [5, 5.41) is 5.53. The lowest BCUT2D eigenvalue weighted by Crippen LogP contribution is -2.43. The molecule has 1 saturated heterocycles. The molecule has 33 heavy (non-hydrogen) atoms. The first-order valence-electron chi connectivity index (χ1n) is 11.5. The first-order chi connectivity index (χ1) is 15.9. The summed E-state index contributed by atoms with van der Waals surface area (Å²) in [6.07, 6.45) is 8.48. The fourth-order valence-electron chi connectivity index (χ4n) is 4.48. The van der Waals surface area contributed by atoms with E-state index in [4.69, 9.17) is 0 Å². The maximum Gasteiger partial charge on any atom is 0.243 e. The average molecular weight is 471 g/mol. The largest absolute Gasteiger partial charge is 0.355 e. The van der Waals surface area contributed by atoms with Gasteiger partial charge in [0.15, 0.2) is 0 Å². The number of nitrogens with zero attached hydrogens (tertiary/aromatic N) is 2. The van der Waals surface area contributed by atoms with E-state index in [0.29, 0.717) is 36.5 Å². The fraction of sp³-hybridized carbons (Fsp3) is 0.458. The Morgan fingerprint density at radius 3 is 2.55 bits per heavy atom.